The topological polar surface area (TPSA) is 50.1 Å². The molecule has 0 bridgehead atoms. The zero-order chi connectivity index (χ0) is 20.1. The quantitative estimate of drug-likeness (QED) is 0.558. The summed E-state index contributed by atoms with van der Waals surface area (Å²) in [5.74, 6) is 0.787. The number of rotatable bonds is 8. The standard InChI is InChI=1S/C21H27FN6S/c1-2-3-9-20(21-23-24-25-28(21)16-17-7-6-15-29-17)27-13-11-26(12-14-27)19-10-5-4-8-18(19)22/h4-8,10,15,20H,2-3,9,11-14,16H2,1H3/t20-/m0/s1. The van der Waals surface area contributed by atoms with E-state index in [9.17, 15) is 4.39 Å². The Balaban J connectivity index is 1.48. The van der Waals surface area contributed by atoms with Crippen LogP contribution >= 0.6 is 11.3 Å². The van der Waals surface area contributed by atoms with Crippen LogP contribution in [0.1, 0.15) is 42.9 Å². The van der Waals surface area contributed by atoms with Crippen LogP contribution in [0.2, 0.25) is 0 Å². The molecule has 1 saturated heterocycles. The van der Waals surface area contributed by atoms with Crippen LogP contribution in [-0.2, 0) is 6.54 Å². The predicted octanol–water partition coefficient (Wildman–Crippen LogP) is 3.98. The van der Waals surface area contributed by atoms with Gasteiger partial charge in [-0.2, -0.15) is 0 Å². The van der Waals surface area contributed by atoms with E-state index >= 15 is 0 Å². The molecule has 1 fully saturated rings. The number of nitrogens with zero attached hydrogens (tertiary/aromatic N) is 6. The van der Waals surface area contributed by atoms with Crippen LogP contribution in [-0.4, -0.2) is 51.3 Å². The highest BCUT2D eigenvalue weighted by atomic mass is 32.1. The largest absolute Gasteiger partial charge is 0.367 e. The first-order valence-electron chi connectivity index (χ1n) is 10.3. The van der Waals surface area contributed by atoms with Gasteiger partial charge in [-0.05, 0) is 40.4 Å². The molecule has 1 aliphatic heterocycles. The molecule has 0 aliphatic carbocycles. The number of unbranched alkanes of at least 4 members (excludes halogenated alkanes) is 1. The summed E-state index contributed by atoms with van der Waals surface area (Å²) < 4.78 is 16.1. The summed E-state index contributed by atoms with van der Waals surface area (Å²) in [7, 11) is 0. The van der Waals surface area contributed by atoms with Gasteiger partial charge in [0.15, 0.2) is 5.82 Å². The Morgan fingerprint density at radius 3 is 2.66 bits per heavy atom. The van der Waals surface area contributed by atoms with Crippen LogP contribution in [0.4, 0.5) is 10.1 Å². The number of hydrogen-bond acceptors (Lipinski definition) is 6. The minimum atomic E-state index is -0.150. The van der Waals surface area contributed by atoms with Gasteiger partial charge in [0, 0.05) is 31.1 Å². The van der Waals surface area contributed by atoms with E-state index in [-0.39, 0.29) is 11.9 Å². The van der Waals surface area contributed by atoms with Crippen molar-refractivity contribution in [3.8, 4) is 0 Å². The van der Waals surface area contributed by atoms with Crippen LogP contribution in [0.5, 0.6) is 0 Å². The molecular weight excluding hydrogens is 387 g/mol. The number of anilines is 1. The molecule has 4 rings (SSSR count). The zero-order valence-corrected chi connectivity index (χ0v) is 17.6. The van der Waals surface area contributed by atoms with Gasteiger partial charge in [-0.15, -0.1) is 16.4 Å². The predicted molar refractivity (Wildman–Crippen MR) is 114 cm³/mol. The Kier molecular flexibility index (Phi) is 6.51. The molecule has 154 valence electrons. The maximum absolute atomic E-state index is 14.2. The van der Waals surface area contributed by atoms with Crippen molar-refractivity contribution in [3.05, 3.63) is 58.3 Å². The number of aromatic nitrogens is 4. The third-order valence-corrected chi connectivity index (χ3v) is 6.38. The average molecular weight is 415 g/mol. The van der Waals surface area contributed by atoms with Gasteiger partial charge in [0.25, 0.3) is 0 Å². The SMILES string of the molecule is CCCC[C@@H](c1nnnn1Cc1cccs1)N1CCN(c2ccccc2F)CC1. The molecular formula is C21H27FN6S. The van der Waals surface area contributed by atoms with Gasteiger partial charge < -0.3 is 4.90 Å². The first-order valence-corrected chi connectivity index (χ1v) is 11.2. The Labute approximate surface area is 174 Å². The van der Waals surface area contributed by atoms with Gasteiger partial charge >= 0.3 is 0 Å². The molecule has 1 aromatic carbocycles. The van der Waals surface area contributed by atoms with Crippen LogP contribution in [0.25, 0.3) is 0 Å². The Hall–Kier alpha value is -2.32. The fourth-order valence-electron chi connectivity index (χ4n) is 3.97. The van der Waals surface area contributed by atoms with Gasteiger partial charge in [-0.25, -0.2) is 9.07 Å². The molecule has 0 N–H and O–H groups in total. The molecule has 8 heteroatoms. The Morgan fingerprint density at radius 1 is 1.10 bits per heavy atom. The van der Waals surface area contributed by atoms with Crippen molar-refractivity contribution in [1.82, 2.24) is 25.1 Å². The highest BCUT2D eigenvalue weighted by molar-refractivity contribution is 7.09. The third-order valence-electron chi connectivity index (χ3n) is 5.52. The maximum atomic E-state index is 14.2. The van der Waals surface area contributed by atoms with E-state index in [0.717, 1.165) is 51.3 Å². The van der Waals surface area contributed by atoms with E-state index in [0.29, 0.717) is 12.2 Å². The van der Waals surface area contributed by atoms with Gasteiger partial charge in [-0.1, -0.05) is 38.0 Å². The van der Waals surface area contributed by atoms with Crippen molar-refractivity contribution in [2.45, 2.75) is 38.8 Å². The minimum absolute atomic E-state index is 0.150. The number of hydrogen-bond donors (Lipinski definition) is 0. The van der Waals surface area contributed by atoms with Crippen LogP contribution < -0.4 is 4.90 Å². The van der Waals surface area contributed by atoms with Gasteiger partial charge in [0.1, 0.15) is 5.82 Å². The van der Waals surface area contributed by atoms with Crippen molar-refractivity contribution < 1.29 is 4.39 Å². The van der Waals surface area contributed by atoms with Crippen LogP contribution in [0.15, 0.2) is 41.8 Å². The van der Waals surface area contributed by atoms with E-state index in [1.807, 2.05) is 16.8 Å². The summed E-state index contributed by atoms with van der Waals surface area (Å²) in [6, 6.07) is 11.4. The second-order valence-corrected chi connectivity index (χ2v) is 8.44. The molecule has 1 aliphatic rings. The Bertz CT molecular complexity index is 888. The smallest absolute Gasteiger partial charge is 0.168 e. The fraction of sp³-hybridized carbons (Fsp3) is 0.476. The zero-order valence-electron chi connectivity index (χ0n) is 16.7. The molecule has 29 heavy (non-hydrogen) atoms. The molecule has 0 spiro atoms. The number of thiophene rings is 1. The molecule has 0 amide bonds. The van der Waals surface area contributed by atoms with Crippen molar-refractivity contribution in [2.75, 3.05) is 31.1 Å². The lowest BCUT2D eigenvalue weighted by Gasteiger charge is -2.39. The first kappa shape index (κ1) is 20.0. The highest BCUT2D eigenvalue weighted by Gasteiger charge is 2.29. The van der Waals surface area contributed by atoms with E-state index in [4.69, 9.17) is 0 Å². The summed E-state index contributed by atoms with van der Waals surface area (Å²) in [4.78, 5) is 5.85. The summed E-state index contributed by atoms with van der Waals surface area (Å²) >= 11 is 1.72. The number of piperazine rings is 1. The number of benzene rings is 1. The minimum Gasteiger partial charge on any atom is -0.367 e. The molecule has 3 aromatic rings. The van der Waals surface area contributed by atoms with Gasteiger partial charge in [0.2, 0.25) is 0 Å². The fourth-order valence-corrected chi connectivity index (χ4v) is 4.65. The summed E-state index contributed by atoms with van der Waals surface area (Å²) in [6.45, 7) is 6.26. The Morgan fingerprint density at radius 2 is 1.93 bits per heavy atom. The molecule has 0 radical (unpaired) electrons. The second-order valence-electron chi connectivity index (χ2n) is 7.41. The van der Waals surface area contributed by atoms with E-state index in [1.54, 1.807) is 17.4 Å². The van der Waals surface area contributed by atoms with Gasteiger partial charge in [0.05, 0.1) is 18.3 Å². The third kappa shape index (κ3) is 4.64. The summed E-state index contributed by atoms with van der Waals surface area (Å²) in [6.07, 6.45) is 3.29. The lowest BCUT2D eigenvalue weighted by Crippen LogP contribution is -2.48. The lowest BCUT2D eigenvalue weighted by atomic mass is 10.1. The van der Waals surface area contributed by atoms with E-state index in [2.05, 4.69) is 49.8 Å². The van der Waals surface area contributed by atoms with Crippen LogP contribution in [0, 0.1) is 5.82 Å². The van der Waals surface area contributed by atoms with Crippen molar-refractivity contribution >= 4 is 17.0 Å². The van der Waals surface area contributed by atoms with E-state index in [1.165, 1.54) is 10.9 Å². The molecule has 3 heterocycles. The lowest BCUT2D eigenvalue weighted by molar-refractivity contribution is 0.163. The average Bonchev–Trinajstić information content (AvgIpc) is 3.42. The summed E-state index contributed by atoms with van der Waals surface area (Å²) in [5.41, 5.74) is 0.694. The maximum Gasteiger partial charge on any atom is 0.168 e. The van der Waals surface area contributed by atoms with Crippen molar-refractivity contribution in [1.29, 1.82) is 0 Å². The van der Waals surface area contributed by atoms with Crippen LogP contribution in [0.3, 0.4) is 0 Å². The molecule has 0 saturated carbocycles. The molecule has 0 unspecified atom stereocenters. The van der Waals surface area contributed by atoms with E-state index < -0.39 is 0 Å². The molecule has 1 atom stereocenters. The summed E-state index contributed by atoms with van der Waals surface area (Å²) in [5, 5.41) is 14.7. The van der Waals surface area contributed by atoms with Gasteiger partial charge in [-0.3, -0.25) is 4.90 Å². The highest BCUT2D eigenvalue weighted by Crippen LogP contribution is 2.28. The van der Waals surface area contributed by atoms with Crippen molar-refractivity contribution in [2.24, 2.45) is 0 Å². The normalized spacial score (nSPS) is 16.3. The molecule has 6 nitrogen and oxygen atoms in total. The van der Waals surface area contributed by atoms with Crippen molar-refractivity contribution in [3.63, 3.8) is 0 Å². The number of halogens is 1. The monoisotopic (exact) mass is 414 g/mol. The molecule has 2 aromatic heterocycles. The number of para-hydroxylation sites is 1. The first-order chi connectivity index (χ1) is 14.3. The second kappa shape index (κ2) is 9.45. The number of tetrazole rings is 1.